The molecule has 28 heavy (non-hydrogen) atoms. The molecule has 2 aliphatic rings. The molecule has 0 saturated carbocycles. The number of piperazine rings is 1. The predicted molar refractivity (Wildman–Crippen MR) is 99.5 cm³/mol. The lowest BCUT2D eigenvalue weighted by atomic mass is 10.1. The maximum Gasteiger partial charge on any atom is 0.313 e. The van der Waals surface area contributed by atoms with E-state index in [-0.39, 0.29) is 12.5 Å². The molecule has 2 aromatic carbocycles. The monoisotopic (exact) mass is 385 g/mol. The molecule has 0 atom stereocenters. The van der Waals surface area contributed by atoms with Crippen LogP contribution < -0.4 is 14.8 Å². The Morgan fingerprint density at radius 1 is 1.00 bits per heavy atom. The molecule has 4 rings (SSSR count). The van der Waals surface area contributed by atoms with Gasteiger partial charge in [-0.25, -0.2) is 4.39 Å². The molecule has 1 N–H and O–H groups in total. The number of halogens is 1. The molecule has 0 unspecified atom stereocenters. The first kappa shape index (κ1) is 18.2. The third kappa shape index (κ3) is 4.07. The predicted octanol–water partition coefficient (Wildman–Crippen LogP) is 1.84. The second kappa shape index (κ2) is 7.85. The van der Waals surface area contributed by atoms with E-state index in [4.69, 9.17) is 9.47 Å². The smallest absolute Gasteiger partial charge is 0.313 e. The lowest BCUT2D eigenvalue weighted by Crippen LogP contribution is -2.51. The van der Waals surface area contributed by atoms with E-state index in [9.17, 15) is 14.0 Å². The van der Waals surface area contributed by atoms with E-state index in [0.29, 0.717) is 26.2 Å². The first-order chi connectivity index (χ1) is 13.6. The molecule has 7 nitrogen and oxygen atoms in total. The lowest BCUT2D eigenvalue weighted by Gasteiger charge is -2.34. The molecule has 0 radical (unpaired) electrons. The van der Waals surface area contributed by atoms with Crippen molar-refractivity contribution in [3.8, 4) is 11.5 Å². The summed E-state index contributed by atoms with van der Waals surface area (Å²) in [5.74, 6) is -0.326. The van der Waals surface area contributed by atoms with Gasteiger partial charge in [0.05, 0.1) is 0 Å². The van der Waals surface area contributed by atoms with Gasteiger partial charge in [0.2, 0.25) is 6.79 Å². The minimum absolute atomic E-state index is 0.247. The van der Waals surface area contributed by atoms with Gasteiger partial charge in [0, 0.05) is 38.4 Å². The molecule has 8 heteroatoms. The van der Waals surface area contributed by atoms with Gasteiger partial charge in [0.25, 0.3) is 0 Å². The summed E-state index contributed by atoms with van der Waals surface area (Å²) in [5, 5.41) is 2.45. The number of nitrogens with one attached hydrogen (secondary N) is 1. The van der Waals surface area contributed by atoms with Crippen LogP contribution in [-0.4, -0.2) is 54.6 Å². The number of hydrogen-bond donors (Lipinski definition) is 1. The minimum atomic E-state index is -0.755. The maximum atomic E-state index is 13.2. The fourth-order valence-corrected chi connectivity index (χ4v) is 3.30. The van der Waals surface area contributed by atoms with Crippen molar-refractivity contribution in [1.29, 1.82) is 0 Å². The van der Waals surface area contributed by atoms with Gasteiger partial charge < -0.3 is 19.7 Å². The van der Waals surface area contributed by atoms with Gasteiger partial charge in [-0.1, -0.05) is 12.1 Å². The zero-order chi connectivity index (χ0) is 19.5. The zero-order valence-electron chi connectivity index (χ0n) is 15.2. The second-order valence-electron chi connectivity index (χ2n) is 6.72. The number of carbonyl (C=O) groups is 2. The number of ether oxygens (including phenoxy) is 2. The Morgan fingerprint density at radius 2 is 1.79 bits per heavy atom. The summed E-state index contributed by atoms with van der Waals surface area (Å²) in [6, 6.07) is 11.3. The zero-order valence-corrected chi connectivity index (χ0v) is 15.2. The van der Waals surface area contributed by atoms with E-state index in [0.717, 1.165) is 23.6 Å². The van der Waals surface area contributed by atoms with Gasteiger partial charge in [-0.2, -0.15) is 0 Å². The Morgan fingerprint density at radius 3 is 2.57 bits per heavy atom. The largest absolute Gasteiger partial charge is 0.454 e. The van der Waals surface area contributed by atoms with Gasteiger partial charge in [0.1, 0.15) is 5.82 Å². The average Bonchev–Trinajstić information content (AvgIpc) is 3.16. The van der Waals surface area contributed by atoms with Gasteiger partial charge in [-0.15, -0.1) is 0 Å². The van der Waals surface area contributed by atoms with E-state index >= 15 is 0 Å². The Hall–Kier alpha value is -3.13. The molecule has 0 bridgehead atoms. The molecular weight excluding hydrogens is 365 g/mol. The van der Waals surface area contributed by atoms with E-state index in [2.05, 4.69) is 10.2 Å². The van der Waals surface area contributed by atoms with Gasteiger partial charge in [-0.05, 0) is 35.9 Å². The van der Waals surface area contributed by atoms with Crippen molar-refractivity contribution in [2.24, 2.45) is 0 Å². The molecule has 0 aliphatic carbocycles. The third-order valence-corrected chi connectivity index (χ3v) is 4.78. The number of carbonyl (C=O) groups excluding carboxylic acids is 2. The van der Waals surface area contributed by atoms with Crippen LogP contribution >= 0.6 is 0 Å². The average molecular weight is 385 g/mol. The first-order valence-corrected chi connectivity index (χ1v) is 9.05. The molecule has 146 valence electrons. The summed E-state index contributed by atoms with van der Waals surface area (Å²) in [5.41, 5.74) is 1.37. The quantitative estimate of drug-likeness (QED) is 0.817. The SMILES string of the molecule is O=C(Nc1cccc(F)c1)C(=O)N1CCN(Cc2ccc3c(c2)OCO3)CC1. The number of benzene rings is 2. The van der Waals surface area contributed by atoms with Crippen molar-refractivity contribution in [2.45, 2.75) is 6.54 Å². The highest BCUT2D eigenvalue weighted by molar-refractivity contribution is 6.39. The van der Waals surface area contributed by atoms with Gasteiger partial charge in [-0.3, -0.25) is 14.5 Å². The van der Waals surface area contributed by atoms with Crippen LogP contribution in [0.2, 0.25) is 0 Å². The number of fused-ring (bicyclic) bond motifs is 1. The molecule has 2 aliphatic heterocycles. The molecule has 0 spiro atoms. The van der Waals surface area contributed by atoms with Crippen LogP contribution in [0.25, 0.3) is 0 Å². The molecule has 1 saturated heterocycles. The van der Waals surface area contributed by atoms with Crippen molar-refractivity contribution in [3.05, 3.63) is 53.8 Å². The number of hydrogen-bond acceptors (Lipinski definition) is 5. The molecule has 2 amide bonds. The summed E-state index contributed by atoms with van der Waals surface area (Å²) in [6.07, 6.45) is 0. The van der Waals surface area contributed by atoms with Crippen molar-refractivity contribution < 1.29 is 23.5 Å². The summed E-state index contributed by atoms with van der Waals surface area (Å²) in [6.45, 7) is 3.21. The van der Waals surface area contributed by atoms with Crippen LogP contribution in [0.1, 0.15) is 5.56 Å². The van der Waals surface area contributed by atoms with Crippen molar-refractivity contribution in [1.82, 2.24) is 9.80 Å². The van der Waals surface area contributed by atoms with Gasteiger partial charge in [0.15, 0.2) is 11.5 Å². The van der Waals surface area contributed by atoms with E-state index in [1.54, 1.807) is 0 Å². The fraction of sp³-hybridized carbons (Fsp3) is 0.300. The molecule has 0 aromatic heterocycles. The van der Waals surface area contributed by atoms with E-state index < -0.39 is 17.6 Å². The van der Waals surface area contributed by atoms with Crippen molar-refractivity contribution >= 4 is 17.5 Å². The molecule has 2 aromatic rings. The Labute approximate surface area is 161 Å². The number of anilines is 1. The Bertz CT molecular complexity index is 897. The number of rotatable bonds is 3. The summed E-state index contributed by atoms with van der Waals surface area (Å²) in [7, 11) is 0. The van der Waals surface area contributed by atoms with E-state index in [1.165, 1.54) is 29.2 Å². The Kier molecular flexibility index (Phi) is 5.12. The third-order valence-electron chi connectivity index (χ3n) is 4.78. The summed E-state index contributed by atoms with van der Waals surface area (Å²) in [4.78, 5) is 28.2. The maximum absolute atomic E-state index is 13.2. The van der Waals surface area contributed by atoms with Crippen LogP contribution in [0.4, 0.5) is 10.1 Å². The van der Waals surface area contributed by atoms with Crippen LogP contribution in [-0.2, 0) is 16.1 Å². The molecular formula is C20H20FN3O4. The van der Waals surface area contributed by atoms with Crippen LogP contribution in [0, 0.1) is 5.82 Å². The van der Waals surface area contributed by atoms with Crippen LogP contribution in [0.5, 0.6) is 11.5 Å². The number of amides is 2. The summed E-state index contributed by atoms with van der Waals surface area (Å²) < 4.78 is 23.9. The normalized spacial score (nSPS) is 16.1. The fourth-order valence-electron chi connectivity index (χ4n) is 3.30. The minimum Gasteiger partial charge on any atom is -0.454 e. The second-order valence-corrected chi connectivity index (χ2v) is 6.72. The highest BCUT2D eigenvalue weighted by atomic mass is 19.1. The Balaban J connectivity index is 1.28. The topological polar surface area (TPSA) is 71.1 Å². The van der Waals surface area contributed by atoms with Crippen molar-refractivity contribution in [3.63, 3.8) is 0 Å². The lowest BCUT2D eigenvalue weighted by molar-refractivity contribution is -0.144. The van der Waals surface area contributed by atoms with Crippen LogP contribution in [0.3, 0.4) is 0 Å². The van der Waals surface area contributed by atoms with Crippen LogP contribution in [0.15, 0.2) is 42.5 Å². The highest BCUT2D eigenvalue weighted by Gasteiger charge is 2.26. The molecule has 1 fully saturated rings. The summed E-state index contributed by atoms with van der Waals surface area (Å²) >= 11 is 0. The van der Waals surface area contributed by atoms with E-state index in [1.807, 2.05) is 18.2 Å². The standard InChI is InChI=1S/C20H20FN3O4/c21-15-2-1-3-16(11-15)22-19(25)20(26)24-8-6-23(7-9-24)12-14-4-5-17-18(10-14)28-13-27-17/h1-5,10-11H,6-9,12-13H2,(H,22,25). The first-order valence-electron chi connectivity index (χ1n) is 9.05. The number of nitrogens with zero attached hydrogens (tertiary/aromatic N) is 2. The molecule has 2 heterocycles. The van der Waals surface area contributed by atoms with Gasteiger partial charge >= 0.3 is 11.8 Å². The van der Waals surface area contributed by atoms with Crippen molar-refractivity contribution in [2.75, 3.05) is 38.3 Å². The highest BCUT2D eigenvalue weighted by Crippen LogP contribution is 2.32.